The van der Waals surface area contributed by atoms with Gasteiger partial charge in [0.05, 0.1) is 6.57 Å². The number of fused-ring (bicyclic) bond motifs is 2. The summed E-state index contributed by atoms with van der Waals surface area (Å²) in [5.41, 5.74) is 6.92. The van der Waals surface area contributed by atoms with Crippen molar-refractivity contribution in [3.05, 3.63) is 52.8 Å². The van der Waals surface area contributed by atoms with Crippen LogP contribution in [0.25, 0.3) is 10.5 Å². The van der Waals surface area contributed by atoms with Crippen LogP contribution in [0.2, 0.25) is 0 Å². The number of aromatic nitrogens is 3. The summed E-state index contributed by atoms with van der Waals surface area (Å²) in [4.78, 5) is 23.2. The standard InChI is InChI=1S/C19H17FN6O2S/c1-3-25-10-11-13(5-4-12(20)16(11)22-2)29-9-8-28-19(27)15-17(21)24-26-7-6-14(25)23-18(15)26/h4-7H,3,8-10H2,1H3,(H2,21,24). The fourth-order valence-electron chi connectivity index (χ4n) is 3.21. The first-order valence-electron chi connectivity index (χ1n) is 8.92. The second-order valence-corrected chi connectivity index (χ2v) is 7.43. The number of nitrogens with two attached hydrogens (primary N) is 1. The van der Waals surface area contributed by atoms with Gasteiger partial charge in [-0.15, -0.1) is 16.9 Å². The number of hydrogen-bond donors (Lipinski definition) is 1. The Kier molecular flexibility index (Phi) is 4.98. The van der Waals surface area contributed by atoms with Crippen LogP contribution in [-0.4, -0.2) is 39.5 Å². The largest absolute Gasteiger partial charge is 0.461 e. The third-order valence-electron chi connectivity index (χ3n) is 4.63. The molecule has 29 heavy (non-hydrogen) atoms. The SMILES string of the molecule is [C-]#[N+]c1c(F)ccc2c1CN(CC)c1ccn3nc(N)c(c3n1)C(=O)OCCS2. The average Bonchev–Trinajstić information content (AvgIpc) is 3.04. The zero-order valence-electron chi connectivity index (χ0n) is 15.6. The van der Waals surface area contributed by atoms with Crippen molar-refractivity contribution in [2.75, 3.05) is 29.5 Å². The minimum absolute atomic E-state index is 0.00400. The molecule has 0 saturated heterocycles. The summed E-state index contributed by atoms with van der Waals surface area (Å²) in [7, 11) is 0. The summed E-state index contributed by atoms with van der Waals surface area (Å²) in [6, 6.07) is 4.69. The van der Waals surface area contributed by atoms with E-state index in [9.17, 15) is 9.18 Å². The Morgan fingerprint density at radius 2 is 2.24 bits per heavy atom. The zero-order valence-corrected chi connectivity index (χ0v) is 16.4. The highest BCUT2D eigenvalue weighted by atomic mass is 32.2. The molecule has 2 N–H and O–H groups in total. The van der Waals surface area contributed by atoms with Crippen molar-refractivity contribution in [1.29, 1.82) is 0 Å². The summed E-state index contributed by atoms with van der Waals surface area (Å²) >= 11 is 1.41. The molecular weight excluding hydrogens is 395 g/mol. The van der Waals surface area contributed by atoms with Crippen LogP contribution in [0.4, 0.5) is 21.7 Å². The van der Waals surface area contributed by atoms with E-state index < -0.39 is 11.8 Å². The smallest absolute Gasteiger partial charge is 0.345 e. The van der Waals surface area contributed by atoms with Crippen LogP contribution in [0.5, 0.6) is 0 Å². The second-order valence-electron chi connectivity index (χ2n) is 6.30. The lowest BCUT2D eigenvalue weighted by Gasteiger charge is -2.24. The summed E-state index contributed by atoms with van der Waals surface area (Å²) in [5, 5.41) is 4.12. The highest BCUT2D eigenvalue weighted by molar-refractivity contribution is 7.99. The Morgan fingerprint density at radius 1 is 1.41 bits per heavy atom. The third kappa shape index (κ3) is 3.34. The van der Waals surface area contributed by atoms with E-state index in [1.54, 1.807) is 18.3 Å². The minimum Gasteiger partial charge on any atom is -0.461 e. The quantitative estimate of drug-likeness (QED) is 0.484. The van der Waals surface area contributed by atoms with Crippen molar-refractivity contribution in [3.8, 4) is 0 Å². The lowest BCUT2D eigenvalue weighted by atomic mass is 10.1. The first-order valence-corrected chi connectivity index (χ1v) is 9.90. The number of nitrogens with zero attached hydrogens (tertiary/aromatic N) is 5. The highest BCUT2D eigenvalue weighted by Crippen LogP contribution is 2.35. The van der Waals surface area contributed by atoms with Crippen LogP contribution in [-0.2, 0) is 11.3 Å². The predicted molar refractivity (Wildman–Crippen MR) is 108 cm³/mol. The maximum absolute atomic E-state index is 14.3. The van der Waals surface area contributed by atoms with Gasteiger partial charge in [0.2, 0.25) is 5.69 Å². The molecule has 0 amide bonds. The van der Waals surface area contributed by atoms with Crippen molar-refractivity contribution in [3.63, 3.8) is 0 Å². The molecule has 8 nitrogen and oxygen atoms in total. The van der Waals surface area contributed by atoms with Gasteiger partial charge >= 0.3 is 5.97 Å². The number of cyclic esters (lactones) is 1. The first-order chi connectivity index (χ1) is 14.0. The fourth-order valence-corrected chi connectivity index (χ4v) is 4.10. The zero-order chi connectivity index (χ0) is 20.5. The van der Waals surface area contributed by atoms with Crippen molar-refractivity contribution in [2.24, 2.45) is 0 Å². The number of hydrogen-bond acceptors (Lipinski definition) is 7. The maximum Gasteiger partial charge on any atom is 0.345 e. The maximum atomic E-state index is 14.3. The second kappa shape index (κ2) is 7.60. The Hall–Kier alpha value is -3.32. The normalized spacial score (nSPS) is 14.5. The molecule has 0 atom stereocenters. The van der Waals surface area contributed by atoms with Gasteiger partial charge in [0.25, 0.3) is 0 Å². The number of halogens is 1. The van der Waals surface area contributed by atoms with E-state index in [0.29, 0.717) is 35.9 Å². The fraction of sp³-hybridized carbons (Fsp3) is 0.263. The third-order valence-corrected chi connectivity index (χ3v) is 5.70. The lowest BCUT2D eigenvalue weighted by molar-refractivity contribution is 0.0533. The summed E-state index contributed by atoms with van der Waals surface area (Å²) in [6.45, 7) is 10.4. The summed E-state index contributed by atoms with van der Waals surface area (Å²) < 4.78 is 21.1. The van der Waals surface area contributed by atoms with E-state index in [4.69, 9.17) is 17.0 Å². The number of rotatable bonds is 1. The number of thioether (sulfide) groups is 1. The van der Waals surface area contributed by atoms with Crippen LogP contribution in [0.3, 0.4) is 0 Å². The van der Waals surface area contributed by atoms with Gasteiger partial charge in [-0.05, 0) is 30.7 Å². The molecule has 0 radical (unpaired) electrons. The molecule has 0 saturated carbocycles. The van der Waals surface area contributed by atoms with E-state index in [-0.39, 0.29) is 23.7 Å². The lowest BCUT2D eigenvalue weighted by Crippen LogP contribution is -2.24. The highest BCUT2D eigenvalue weighted by Gasteiger charge is 2.24. The number of ether oxygens (including phenoxy) is 1. The molecule has 2 bridgehead atoms. The topological polar surface area (TPSA) is 90.1 Å². The van der Waals surface area contributed by atoms with Crippen molar-refractivity contribution in [2.45, 2.75) is 18.4 Å². The Labute approximate surface area is 170 Å². The van der Waals surface area contributed by atoms with Gasteiger partial charge < -0.3 is 15.4 Å². The number of esters is 1. The van der Waals surface area contributed by atoms with E-state index in [2.05, 4.69) is 14.9 Å². The van der Waals surface area contributed by atoms with Crippen LogP contribution in [0.1, 0.15) is 22.8 Å². The molecule has 3 heterocycles. The number of carbonyl (C=O) groups excluding carboxylic acids is 1. The van der Waals surface area contributed by atoms with E-state index in [1.807, 2.05) is 11.8 Å². The molecule has 10 heteroatoms. The Morgan fingerprint density at radius 3 is 3.00 bits per heavy atom. The number of nitrogen functional groups attached to an aromatic ring is 1. The van der Waals surface area contributed by atoms with Gasteiger partial charge in [-0.3, -0.25) is 0 Å². The molecular formula is C19H17FN6O2S. The van der Waals surface area contributed by atoms with Crippen molar-refractivity contribution < 1.29 is 13.9 Å². The van der Waals surface area contributed by atoms with Crippen molar-refractivity contribution >= 4 is 40.7 Å². The molecule has 148 valence electrons. The van der Waals surface area contributed by atoms with E-state index in [1.165, 1.54) is 22.3 Å². The number of anilines is 2. The van der Waals surface area contributed by atoms with E-state index in [0.717, 1.165) is 4.90 Å². The van der Waals surface area contributed by atoms with Gasteiger partial charge in [-0.25, -0.2) is 23.5 Å². The van der Waals surface area contributed by atoms with Crippen LogP contribution < -0.4 is 10.6 Å². The minimum atomic E-state index is -0.591. The molecule has 1 aromatic carbocycles. The number of benzene rings is 1. The predicted octanol–water partition coefficient (Wildman–Crippen LogP) is 3.29. The average molecular weight is 412 g/mol. The molecule has 1 aliphatic heterocycles. The summed E-state index contributed by atoms with van der Waals surface area (Å²) in [5.74, 6) is -0.0923. The van der Waals surface area contributed by atoms with Gasteiger partial charge in [0.1, 0.15) is 23.8 Å². The molecule has 3 aromatic rings. The van der Waals surface area contributed by atoms with Gasteiger partial charge in [0, 0.05) is 29.9 Å². The Balaban J connectivity index is 1.89. The summed E-state index contributed by atoms with van der Waals surface area (Å²) in [6.07, 6.45) is 1.66. The molecule has 0 unspecified atom stereocenters. The molecule has 0 spiro atoms. The first kappa shape index (κ1) is 19.0. The van der Waals surface area contributed by atoms with Crippen LogP contribution in [0, 0.1) is 12.4 Å². The van der Waals surface area contributed by atoms with Gasteiger partial charge in [-0.2, -0.15) is 0 Å². The van der Waals surface area contributed by atoms with Gasteiger partial charge in [-0.1, -0.05) is 0 Å². The number of carbonyl (C=O) groups is 1. The van der Waals surface area contributed by atoms with Crippen LogP contribution >= 0.6 is 11.8 Å². The molecule has 0 fully saturated rings. The van der Waals surface area contributed by atoms with E-state index >= 15 is 0 Å². The molecule has 1 aliphatic rings. The Bertz CT molecular complexity index is 1160. The van der Waals surface area contributed by atoms with Crippen molar-refractivity contribution in [1.82, 2.24) is 14.6 Å². The molecule has 4 rings (SSSR count). The molecule has 2 aromatic heterocycles. The monoisotopic (exact) mass is 412 g/mol. The molecule has 0 aliphatic carbocycles. The van der Waals surface area contributed by atoms with Gasteiger partial charge in [0.15, 0.2) is 11.5 Å². The van der Waals surface area contributed by atoms with Crippen LogP contribution in [0.15, 0.2) is 29.3 Å².